The molecule has 114 valence electrons. The van der Waals surface area contributed by atoms with Gasteiger partial charge in [-0.3, -0.25) is 4.79 Å². The van der Waals surface area contributed by atoms with Gasteiger partial charge in [-0.25, -0.2) is 0 Å². The highest BCUT2D eigenvalue weighted by atomic mass is 16.5. The van der Waals surface area contributed by atoms with Gasteiger partial charge in [0, 0.05) is 24.2 Å². The molecule has 2 saturated heterocycles. The number of carbonyl (C=O) groups is 1. The van der Waals surface area contributed by atoms with Crippen LogP contribution in [0.3, 0.4) is 0 Å². The molecule has 0 saturated carbocycles. The summed E-state index contributed by atoms with van der Waals surface area (Å²) in [7, 11) is 0. The second-order valence-corrected chi connectivity index (χ2v) is 6.18. The maximum Gasteiger partial charge on any atom is 0.224 e. The molecular formula is C17H24N2O2. The zero-order valence-corrected chi connectivity index (χ0v) is 12.6. The molecule has 1 aromatic rings. The molecule has 2 aliphatic heterocycles. The number of ether oxygens (including phenoxy) is 1. The van der Waals surface area contributed by atoms with E-state index in [2.05, 4.69) is 10.6 Å². The molecule has 2 aliphatic rings. The molecule has 3 rings (SSSR count). The number of rotatable bonds is 5. The lowest BCUT2D eigenvalue weighted by atomic mass is 9.89. The van der Waals surface area contributed by atoms with Gasteiger partial charge in [-0.1, -0.05) is 0 Å². The average Bonchev–Trinajstić information content (AvgIpc) is 2.80. The maximum absolute atomic E-state index is 12.2. The Hall–Kier alpha value is -1.55. The maximum atomic E-state index is 12.2. The molecule has 2 unspecified atom stereocenters. The summed E-state index contributed by atoms with van der Waals surface area (Å²) in [6.07, 6.45) is 5.49. The van der Waals surface area contributed by atoms with Gasteiger partial charge in [0.1, 0.15) is 5.75 Å². The molecule has 1 amide bonds. The third-order valence-electron chi connectivity index (χ3n) is 4.49. The highest BCUT2D eigenvalue weighted by Crippen LogP contribution is 2.32. The summed E-state index contributed by atoms with van der Waals surface area (Å²) >= 11 is 0. The molecule has 4 heteroatoms. The summed E-state index contributed by atoms with van der Waals surface area (Å²) in [5.74, 6) is 1.50. The number of fused-ring (bicyclic) bond motifs is 2. The number of piperidine rings is 1. The number of hydrogen-bond donors (Lipinski definition) is 2. The van der Waals surface area contributed by atoms with Crippen molar-refractivity contribution < 1.29 is 9.53 Å². The predicted molar refractivity (Wildman–Crippen MR) is 83.5 cm³/mol. The number of carbonyl (C=O) groups excluding carboxylic acids is 1. The standard InChI is InChI=1S/C17H24N2O2/c1-2-21-16-7-5-13(6-8-16)19-17(20)11-12-9-14-3-4-15(10-12)18-14/h5-8,12,14-15,18H,2-4,9-11H2,1H3,(H,19,20). The minimum Gasteiger partial charge on any atom is -0.494 e. The SMILES string of the molecule is CCOc1ccc(NC(=O)CC2CC3CCC(C2)N3)cc1. The van der Waals surface area contributed by atoms with Crippen molar-refractivity contribution in [2.75, 3.05) is 11.9 Å². The molecule has 0 aliphatic carbocycles. The minimum atomic E-state index is 0.130. The fourth-order valence-corrected chi connectivity index (χ4v) is 3.62. The monoisotopic (exact) mass is 288 g/mol. The molecule has 2 bridgehead atoms. The Bertz CT molecular complexity index is 474. The molecule has 0 spiro atoms. The van der Waals surface area contributed by atoms with Crippen LogP contribution in [0.5, 0.6) is 5.75 Å². The van der Waals surface area contributed by atoms with E-state index in [1.54, 1.807) is 0 Å². The highest BCUT2D eigenvalue weighted by molar-refractivity contribution is 5.90. The van der Waals surface area contributed by atoms with Crippen molar-refractivity contribution in [2.45, 2.75) is 51.1 Å². The van der Waals surface area contributed by atoms with Gasteiger partial charge < -0.3 is 15.4 Å². The Kier molecular flexibility index (Phi) is 4.44. The summed E-state index contributed by atoms with van der Waals surface area (Å²) in [5, 5.41) is 6.61. The zero-order chi connectivity index (χ0) is 14.7. The third-order valence-corrected chi connectivity index (χ3v) is 4.49. The molecule has 0 aromatic heterocycles. The molecule has 2 atom stereocenters. The fourth-order valence-electron chi connectivity index (χ4n) is 3.62. The second-order valence-electron chi connectivity index (χ2n) is 6.18. The first-order valence-electron chi connectivity index (χ1n) is 8.01. The van der Waals surface area contributed by atoms with E-state index in [4.69, 9.17) is 4.74 Å². The molecule has 21 heavy (non-hydrogen) atoms. The van der Waals surface area contributed by atoms with Gasteiger partial charge in [-0.15, -0.1) is 0 Å². The van der Waals surface area contributed by atoms with E-state index in [1.165, 1.54) is 12.8 Å². The average molecular weight is 288 g/mol. The van der Waals surface area contributed by atoms with Crippen LogP contribution in [0.1, 0.15) is 39.0 Å². The van der Waals surface area contributed by atoms with Crippen LogP contribution < -0.4 is 15.4 Å². The van der Waals surface area contributed by atoms with E-state index in [0.29, 0.717) is 31.0 Å². The number of nitrogens with one attached hydrogen (secondary N) is 2. The highest BCUT2D eigenvalue weighted by Gasteiger charge is 2.34. The largest absolute Gasteiger partial charge is 0.494 e. The Balaban J connectivity index is 1.49. The third kappa shape index (κ3) is 3.76. The van der Waals surface area contributed by atoms with Gasteiger partial charge in [0.15, 0.2) is 0 Å². The van der Waals surface area contributed by atoms with E-state index in [0.717, 1.165) is 24.3 Å². The summed E-state index contributed by atoms with van der Waals surface area (Å²) in [6, 6.07) is 8.87. The Morgan fingerprint density at radius 3 is 2.52 bits per heavy atom. The fraction of sp³-hybridized carbons (Fsp3) is 0.588. The van der Waals surface area contributed by atoms with Gasteiger partial charge in [-0.2, -0.15) is 0 Å². The molecule has 4 nitrogen and oxygen atoms in total. The summed E-state index contributed by atoms with van der Waals surface area (Å²) in [5.41, 5.74) is 0.848. The van der Waals surface area contributed by atoms with Crippen LogP contribution >= 0.6 is 0 Å². The van der Waals surface area contributed by atoms with Crippen molar-refractivity contribution in [1.82, 2.24) is 5.32 Å². The quantitative estimate of drug-likeness (QED) is 0.876. The first-order valence-corrected chi connectivity index (χ1v) is 8.01. The van der Waals surface area contributed by atoms with Gasteiger partial charge in [-0.05, 0) is 62.8 Å². The van der Waals surface area contributed by atoms with E-state index >= 15 is 0 Å². The van der Waals surface area contributed by atoms with Crippen LogP contribution in [0.4, 0.5) is 5.69 Å². The first-order chi connectivity index (χ1) is 10.2. The zero-order valence-electron chi connectivity index (χ0n) is 12.6. The second kappa shape index (κ2) is 6.48. The lowest BCUT2D eigenvalue weighted by molar-refractivity contribution is -0.117. The molecule has 2 N–H and O–H groups in total. The lowest BCUT2D eigenvalue weighted by Gasteiger charge is -2.28. The summed E-state index contributed by atoms with van der Waals surface area (Å²) in [4.78, 5) is 12.2. The van der Waals surface area contributed by atoms with E-state index in [1.807, 2.05) is 31.2 Å². The van der Waals surface area contributed by atoms with Crippen molar-refractivity contribution in [3.63, 3.8) is 0 Å². The smallest absolute Gasteiger partial charge is 0.224 e. The molecule has 1 aromatic carbocycles. The van der Waals surface area contributed by atoms with Crippen LogP contribution in [0.25, 0.3) is 0 Å². The van der Waals surface area contributed by atoms with Crippen LogP contribution in [0.2, 0.25) is 0 Å². The van der Waals surface area contributed by atoms with Crippen LogP contribution in [-0.2, 0) is 4.79 Å². The number of amides is 1. The lowest BCUT2D eigenvalue weighted by Crippen LogP contribution is -2.39. The Morgan fingerprint density at radius 2 is 1.90 bits per heavy atom. The van der Waals surface area contributed by atoms with Gasteiger partial charge in [0.25, 0.3) is 0 Å². The van der Waals surface area contributed by atoms with Crippen molar-refractivity contribution in [1.29, 1.82) is 0 Å². The van der Waals surface area contributed by atoms with Gasteiger partial charge in [0.2, 0.25) is 5.91 Å². The Morgan fingerprint density at radius 1 is 1.24 bits per heavy atom. The molecule has 0 radical (unpaired) electrons. The minimum absolute atomic E-state index is 0.130. The molecule has 2 heterocycles. The first kappa shape index (κ1) is 14.4. The summed E-state index contributed by atoms with van der Waals surface area (Å²) < 4.78 is 5.40. The van der Waals surface area contributed by atoms with Crippen molar-refractivity contribution >= 4 is 11.6 Å². The van der Waals surface area contributed by atoms with E-state index in [9.17, 15) is 4.79 Å². The molecule has 2 fully saturated rings. The Labute approximate surface area is 126 Å². The van der Waals surface area contributed by atoms with Crippen molar-refractivity contribution in [2.24, 2.45) is 5.92 Å². The van der Waals surface area contributed by atoms with Crippen molar-refractivity contribution in [3.8, 4) is 5.75 Å². The van der Waals surface area contributed by atoms with Gasteiger partial charge in [0.05, 0.1) is 6.61 Å². The van der Waals surface area contributed by atoms with Crippen LogP contribution in [0, 0.1) is 5.92 Å². The number of anilines is 1. The normalized spacial score (nSPS) is 27.4. The molecular weight excluding hydrogens is 264 g/mol. The van der Waals surface area contributed by atoms with E-state index in [-0.39, 0.29) is 5.91 Å². The van der Waals surface area contributed by atoms with E-state index < -0.39 is 0 Å². The predicted octanol–water partition coefficient (Wildman–Crippen LogP) is 2.94. The van der Waals surface area contributed by atoms with Crippen molar-refractivity contribution in [3.05, 3.63) is 24.3 Å². The van der Waals surface area contributed by atoms with Gasteiger partial charge >= 0.3 is 0 Å². The number of benzene rings is 1. The van der Waals surface area contributed by atoms with Crippen LogP contribution in [-0.4, -0.2) is 24.6 Å². The number of hydrogen-bond acceptors (Lipinski definition) is 3. The van der Waals surface area contributed by atoms with Crippen LogP contribution in [0.15, 0.2) is 24.3 Å². The topological polar surface area (TPSA) is 50.4 Å². The summed E-state index contributed by atoms with van der Waals surface area (Å²) in [6.45, 7) is 2.62.